The lowest BCUT2D eigenvalue weighted by atomic mass is 9.95. The summed E-state index contributed by atoms with van der Waals surface area (Å²) in [5.41, 5.74) is 0.969. The van der Waals surface area contributed by atoms with Crippen molar-refractivity contribution in [2.45, 2.75) is 25.7 Å². The van der Waals surface area contributed by atoms with Gasteiger partial charge in [-0.05, 0) is 24.6 Å². The van der Waals surface area contributed by atoms with Crippen molar-refractivity contribution in [2.24, 2.45) is 0 Å². The zero-order valence-electron chi connectivity index (χ0n) is 8.96. The van der Waals surface area contributed by atoms with Gasteiger partial charge in [-0.25, -0.2) is 0 Å². The summed E-state index contributed by atoms with van der Waals surface area (Å²) in [6.07, 6.45) is 1.86. The van der Waals surface area contributed by atoms with Crippen molar-refractivity contribution in [1.82, 2.24) is 0 Å². The van der Waals surface area contributed by atoms with Crippen LogP contribution in [0.15, 0.2) is 22.7 Å². The van der Waals surface area contributed by atoms with E-state index in [0.29, 0.717) is 0 Å². The first-order valence-electron chi connectivity index (χ1n) is 4.96. The van der Waals surface area contributed by atoms with E-state index in [4.69, 9.17) is 10.00 Å². The lowest BCUT2D eigenvalue weighted by molar-refractivity contribution is 0.407. The maximum atomic E-state index is 9.10. The summed E-state index contributed by atoms with van der Waals surface area (Å²) in [6.45, 7) is 2.08. The van der Waals surface area contributed by atoms with Gasteiger partial charge in [0.1, 0.15) is 5.75 Å². The minimum atomic E-state index is -0.0811. The molecule has 0 N–H and O–H groups in total. The van der Waals surface area contributed by atoms with Crippen LogP contribution < -0.4 is 4.74 Å². The van der Waals surface area contributed by atoms with E-state index in [9.17, 15) is 0 Å². The van der Waals surface area contributed by atoms with Crippen LogP contribution in [0.4, 0.5) is 0 Å². The van der Waals surface area contributed by atoms with Crippen LogP contribution >= 0.6 is 15.9 Å². The van der Waals surface area contributed by atoms with Crippen LogP contribution in [0.2, 0.25) is 0 Å². The van der Waals surface area contributed by atoms with Crippen LogP contribution in [-0.2, 0) is 0 Å². The summed E-state index contributed by atoms with van der Waals surface area (Å²) in [5.74, 6) is 0.709. The van der Waals surface area contributed by atoms with Crippen LogP contribution in [-0.4, -0.2) is 7.11 Å². The topological polar surface area (TPSA) is 33.0 Å². The summed E-state index contributed by atoms with van der Waals surface area (Å²) >= 11 is 3.41. The Kier molecular flexibility index (Phi) is 4.64. The van der Waals surface area contributed by atoms with Gasteiger partial charge in [-0.1, -0.05) is 29.3 Å². The molecule has 1 rings (SSSR count). The molecule has 0 fully saturated rings. The molecule has 15 heavy (non-hydrogen) atoms. The fourth-order valence-corrected chi connectivity index (χ4v) is 1.93. The monoisotopic (exact) mass is 267 g/mol. The molecule has 1 aromatic carbocycles. The van der Waals surface area contributed by atoms with Crippen molar-refractivity contribution in [3.63, 3.8) is 0 Å². The summed E-state index contributed by atoms with van der Waals surface area (Å²) in [5, 5.41) is 9.10. The third kappa shape index (κ3) is 2.97. The minimum Gasteiger partial charge on any atom is -0.496 e. The highest BCUT2D eigenvalue weighted by atomic mass is 79.9. The molecule has 0 bridgehead atoms. The molecule has 0 aliphatic heterocycles. The Hall–Kier alpha value is -1.01. The van der Waals surface area contributed by atoms with Gasteiger partial charge in [0, 0.05) is 10.0 Å². The summed E-state index contributed by atoms with van der Waals surface area (Å²) in [4.78, 5) is 0. The molecule has 2 nitrogen and oxygen atoms in total. The van der Waals surface area contributed by atoms with Gasteiger partial charge in [-0.3, -0.25) is 0 Å². The first-order chi connectivity index (χ1) is 7.22. The van der Waals surface area contributed by atoms with Crippen molar-refractivity contribution in [2.75, 3.05) is 7.11 Å². The first-order valence-corrected chi connectivity index (χ1v) is 5.75. The number of hydrogen-bond donors (Lipinski definition) is 0. The number of methoxy groups -OCH3 is 1. The maximum absolute atomic E-state index is 9.10. The van der Waals surface area contributed by atoms with E-state index in [1.165, 1.54) is 0 Å². The van der Waals surface area contributed by atoms with Gasteiger partial charge in [0.2, 0.25) is 0 Å². The summed E-state index contributed by atoms with van der Waals surface area (Å²) < 4.78 is 6.24. The Balaban J connectivity index is 3.09. The quantitative estimate of drug-likeness (QED) is 0.830. The molecule has 1 atom stereocenters. The van der Waals surface area contributed by atoms with Gasteiger partial charge in [0.25, 0.3) is 0 Å². The molecular weight excluding hydrogens is 254 g/mol. The molecular formula is C12H14BrNO. The second-order valence-corrected chi connectivity index (χ2v) is 4.27. The van der Waals surface area contributed by atoms with Gasteiger partial charge in [-0.15, -0.1) is 0 Å². The van der Waals surface area contributed by atoms with E-state index in [-0.39, 0.29) is 5.92 Å². The second-order valence-electron chi connectivity index (χ2n) is 3.36. The minimum absolute atomic E-state index is 0.0811. The molecule has 0 heterocycles. The fraction of sp³-hybridized carbons (Fsp3) is 0.417. The average molecular weight is 268 g/mol. The van der Waals surface area contributed by atoms with Gasteiger partial charge in [-0.2, -0.15) is 5.26 Å². The van der Waals surface area contributed by atoms with Crippen LogP contribution in [0.25, 0.3) is 0 Å². The SMILES string of the molecule is CCCC(C#N)c1cc(Br)ccc1OC. The van der Waals surface area contributed by atoms with E-state index in [2.05, 4.69) is 28.9 Å². The smallest absolute Gasteiger partial charge is 0.123 e. The normalized spacial score (nSPS) is 11.9. The molecule has 0 amide bonds. The Morgan fingerprint density at radius 3 is 2.80 bits per heavy atom. The molecule has 0 aliphatic rings. The number of hydrogen-bond acceptors (Lipinski definition) is 2. The van der Waals surface area contributed by atoms with Gasteiger partial charge < -0.3 is 4.74 Å². The van der Waals surface area contributed by atoms with Gasteiger partial charge >= 0.3 is 0 Å². The predicted octanol–water partition coefficient (Wildman–Crippen LogP) is 3.86. The van der Waals surface area contributed by atoms with Crippen molar-refractivity contribution < 1.29 is 4.74 Å². The lowest BCUT2D eigenvalue weighted by Crippen LogP contribution is -1.99. The van der Waals surface area contributed by atoms with Crippen LogP contribution in [0.5, 0.6) is 5.75 Å². The van der Waals surface area contributed by atoms with E-state index >= 15 is 0 Å². The number of halogens is 1. The Bertz CT molecular complexity index is 370. The first kappa shape index (κ1) is 12.1. The van der Waals surface area contributed by atoms with Gasteiger partial charge in [0.05, 0.1) is 19.1 Å². The molecule has 0 saturated carbocycles. The van der Waals surface area contributed by atoms with E-state index < -0.39 is 0 Å². The molecule has 3 heteroatoms. The molecule has 1 aromatic rings. The average Bonchev–Trinajstić information content (AvgIpc) is 2.26. The van der Waals surface area contributed by atoms with Crippen molar-refractivity contribution >= 4 is 15.9 Å². The predicted molar refractivity (Wildman–Crippen MR) is 64.0 cm³/mol. The molecule has 1 unspecified atom stereocenters. The van der Waals surface area contributed by atoms with Crippen molar-refractivity contribution in [1.29, 1.82) is 5.26 Å². The molecule has 80 valence electrons. The van der Waals surface area contributed by atoms with Crippen LogP contribution in [0.3, 0.4) is 0 Å². The highest BCUT2D eigenvalue weighted by Crippen LogP contribution is 2.31. The Morgan fingerprint density at radius 1 is 1.53 bits per heavy atom. The van der Waals surface area contributed by atoms with Gasteiger partial charge in [0.15, 0.2) is 0 Å². The van der Waals surface area contributed by atoms with E-state index in [0.717, 1.165) is 28.6 Å². The highest BCUT2D eigenvalue weighted by molar-refractivity contribution is 9.10. The molecule has 0 spiro atoms. The molecule has 0 radical (unpaired) electrons. The largest absolute Gasteiger partial charge is 0.496 e. The molecule has 0 saturated heterocycles. The number of nitriles is 1. The van der Waals surface area contributed by atoms with Crippen molar-refractivity contribution in [3.05, 3.63) is 28.2 Å². The van der Waals surface area contributed by atoms with Crippen molar-refractivity contribution in [3.8, 4) is 11.8 Å². The second kappa shape index (κ2) is 5.77. The maximum Gasteiger partial charge on any atom is 0.123 e. The van der Waals surface area contributed by atoms with Crippen LogP contribution in [0.1, 0.15) is 31.2 Å². The number of rotatable bonds is 4. The molecule has 0 aromatic heterocycles. The molecule has 0 aliphatic carbocycles. The number of nitrogens with zero attached hydrogens (tertiary/aromatic N) is 1. The lowest BCUT2D eigenvalue weighted by Gasteiger charge is -2.13. The van der Waals surface area contributed by atoms with E-state index in [1.54, 1.807) is 7.11 Å². The Morgan fingerprint density at radius 2 is 2.27 bits per heavy atom. The Labute approximate surface area is 99.0 Å². The van der Waals surface area contributed by atoms with Crippen LogP contribution in [0, 0.1) is 11.3 Å². The summed E-state index contributed by atoms with van der Waals surface area (Å²) in [6, 6.07) is 8.09. The highest BCUT2D eigenvalue weighted by Gasteiger charge is 2.14. The fourth-order valence-electron chi connectivity index (χ4n) is 1.56. The summed E-state index contributed by atoms with van der Waals surface area (Å²) in [7, 11) is 1.63. The number of ether oxygens (including phenoxy) is 1. The third-order valence-corrected chi connectivity index (χ3v) is 2.79. The zero-order valence-corrected chi connectivity index (χ0v) is 10.5. The standard InChI is InChI=1S/C12H14BrNO/c1-3-4-9(8-14)11-7-10(13)5-6-12(11)15-2/h5-7,9H,3-4H2,1-2H3. The number of benzene rings is 1. The van der Waals surface area contributed by atoms with E-state index in [1.807, 2.05) is 18.2 Å². The zero-order chi connectivity index (χ0) is 11.3. The third-order valence-electron chi connectivity index (χ3n) is 2.30.